The number of likely N-dealkylation sites (tertiary alicyclic amines) is 1. The number of hydrogen-bond acceptors (Lipinski definition) is 4. The van der Waals surface area contributed by atoms with Gasteiger partial charge in [-0.1, -0.05) is 36.8 Å². The van der Waals surface area contributed by atoms with E-state index in [9.17, 15) is 14.7 Å². The SMILES string of the molecule is CC(=O)N1[C@H](CO)[C@H](c2ccc(-c3cccnc3)cc2)[C@H]1CNC(=O)C1CCC1. The third kappa shape index (κ3) is 3.77. The highest BCUT2D eigenvalue weighted by Gasteiger charge is 2.50. The van der Waals surface area contributed by atoms with Gasteiger partial charge in [0.25, 0.3) is 0 Å². The van der Waals surface area contributed by atoms with Gasteiger partial charge in [-0.05, 0) is 35.6 Å². The number of aliphatic hydroxyl groups is 1. The Morgan fingerprint density at radius 2 is 1.90 bits per heavy atom. The summed E-state index contributed by atoms with van der Waals surface area (Å²) in [5, 5.41) is 12.9. The van der Waals surface area contributed by atoms with Gasteiger partial charge in [0.2, 0.25) is 11.8 Å². The Morgan fingerprint density at radius 1 is 1.14 bits per heavy atom. The second kappa shape index (κ2) is 8.33. The summed E-state index contributed by atoms with van der Waals surface area (Å²) in [4.78, 5) is 30.3. The van der Waals surface area contributed by atoms with Crippen molar-refractivity contribution in [3.05, 3.63) is 54.4 Å². The Bertz CT molecular complexity index is 865. The number of amides is 2. The smallest absolute Gasteiger partial charge is 0.223 e. The fourth-order valence-corrected chi connectivity index (χ4v) is 4.54. The van der Waals surface area contributed by atoms with Crippen molar-refractivity contribution in [2.24, 2.45) is 5.92 Å². The molecule has 1 aliphatic carbocycles. The molecule has 152 valence electrons. The predicted molar refractivity (Wildman–Crippen MR) is 110 cm³/mol. The molecule has 6 heteroatoms. The predicted octanol–water partition coefficient (Wildman–Crippen LogP) is 2.34. The standard InChI is InChI=1S/C23H27N3O3/c1-15(28)26-20(13-25-23(29)18-4-2-5-18)22(21(26)14-27)17-9-7-16(8-10-17)19-6-3-11-24-12-19/h3,6-12,18,20-22,27H,2,4-5,13-14H2,1H3,(H,25,29)/t20-,21-,22-/m1/s1. The number of carbonyl (C=O) groups excluding carboxylic acids is 2. The normalized spacial score (nSPS) is 23.8. The molecule has 4 rings (SSSR count). The van der Waals surface area contributed by atoms with Crippen molar-refractivity contribution < 1.29 is 14.7 Å². The molecule has 0 bridgehead atoms. The summed E-state index contributed by atoms with van der Waals surface area (Å²) in [5.74, 6) is 0.119. The fraction of sp³-hybridized carbons (Fsp3) is 0.435. The molecule has 1 saturated carbocycles. The summed E-state index contributed by atoms with van der Waals surface area (Å²) < 4.78 is 0. The van der Waals surface area contributed by atoms with E-state index in [4.69, 9.17) is 0 Å². The van der Waals surface area contributed by atoms with Crippen molar-refractivity contribution in [2.45, 2.75) is 44.2 Å². The molecule has 1 aromatic heterocycles. The summed E-state index contributed by atoms with van der Waals surface area (Å²) in [6, 6.07) is 11.7. The average Bonchev–Trinajstić information content (AvgIpc) is 2.67. The number of hydrogen-bond donors (Lipinski definition) is 2. The zero-order chi connectivity index (χ0) is 20.4. The van der Waals surface area contributed by atoms with Gasteiger partial charge in [0.05, 0.1) is 18.7 Å². The van der Waals surface area contributed by atoms with E-state index in [1.165, 1.54) is 6.92 Å². The van der Waals surface area contributed by atoms with E-state index in [-0.39, 0.29) is 42.3 Å². The first-order valence-electron chi connectivity index (χ1n) is 10.3. The third-order valence-electron chi connectivity index (χ3n) is 6.35. The zero-order valence-corrected chi connectivity index (χ0v) is 16.6. The molecular weight excluding hydrogens is 366 g/mol. The van der Waals surface area contributed by atoms with Gasteiger partial charge in [-0.3, -0.25) is 14.6 Å². The van der Waals surface area contributed by atoms with E-state index in [2.05, 4.69) is 10.3 Å². The molecule has 2 fully saturated rings. The van der Waals surface area contributed by atoms with Gasteiger partial charge in [0, 0.05) is 37.7 Å². The van der Waals surface area contributed by atoms with Gasteiger partial charge in [-0.2, -0.15) is 0 Å². The first-order valence-corrected chi connectivity index (χ1v) is 10.3. The number of benzene rings is 1. The van der Waals surface area contributed by atoms with Crippen molar-refractivity contribution in [3.63, 3.8) is 0 Å². The van der Waals surface area contributed by atoms with E-state index in [1.54, 1.807) is 11.1 Å². The third-order valence-corrected chi connectivity index (χ3v) is 6.35. The van der Waals surface area contributed by atoms with E-state index in [1.807, 2.05) is 42.6 Å². The fourth-order valence-electron chi connectivity index (χ4n) is 4.54. The Balaban J connectivity index is 1.52. The Labute approximate surface area is 171 Å². The molecule has 2 heterocycles. The topological polar surface area (TPSA) is 82.5 Å². The van der Waals surface area contributed by atoms with Crippen LogP contribution in [0, 0.1) is 5.92 Å². The van der Waals surface area contributed by atoms with Crippen LogP contribution in [0.4, 0.5) is 0 Å². The van der Waals surface area contributed by atoms with Gasteiger partial charge < -0.3 is 15.3 Å². The molecule has 2 amide bonds. The summed E-state index contributed by atoms with van der Waals surface area (Å²) in [5.41, 5.74) is 3.18. The molecule has 0 radical (unpaired) electrons. The van der Waals surface area contributed by atoms with Crippen LogP contribution in [0.1, 0.15) is 37.7 Å². The highest BCUT2D eigenvalue weighted by molar-refractivity contribution is 5.80. The van der Waals surface area contributed by atoms with Crippen molar-refractivity contribution in [1.82, 2.24) is 15.2 Å². The Kier molecular flexibility index (Phi) is 5.62. The first-order chi connectivity index (χ1) is 14.1. The highest BCUT2D eigenvalue weighted by atomic mass is 16.3. The van der Waals surface area contributed by atoms with Crippen LogP contribution in [-0.4, -0.2) is 52.0 Å². The van der Waals surface area contributed by atoms with Crippen molar-refractivity contribution in [1.29, 1.82) is 0 Å². The molecule has 1 aliphatic heterocycles. The number of aliphatic hydroxyl groups excluding tert-OH is 1. The molecule has 6 nitrogen and oxygen atoms in total. The molecule has 2 N–H and O–H groups in total. The van der Waals surface area contributed by atoms with Gasteiger partial charge >= 0.3 is 0 Å². The van der Waals surface area contributed by atoms with E-state index in [0.717, 1.165) is 36.0 Å². The van der Waals surface area contributed by atoms with Crippen molar-refractivity contribution >= 4 is 11.8 Å². The summed E-state index contributed by atoms with van der Waals surface area (Å²) in [6.07, 6.45) is 6.58. The number of pyridine rings is 1. The van der Waals surface area contributed by atoms with Crippen LogP contribution in [0.15, 0.2) is 48.8 Å². The van der Waals surface area contributed by atoms with Crippen LogP contribution in [0.5, 0.6) is 0 Å². The maximum Gasteiger partial charge on any atom is 0.223 e. The van der Waals surface area contributed by atoms with E-state index < -0.39 is 0 Å². The van der Waals surface area contributed by atoms with Crippen molar-refractivity contribution in [3.8, 4) is 11.1 Å². The minimum Gasteiger partial charge on any atom is -0.394 e. The van der Waals surface area contributed by atoms with Crippen LogP contribution in [0.3, 0.4) is 0 Å². The van der Waals surface area contributed by atoms with Crippen LogP contribution < -0.4 is 5.32 Å². The maximum atomic E-state index is 12.3. The minimum atomic E-state index is -0.262. The molecule has 0 unspecified atom stereocenters. The van der Waals surface area contributed by atoms with Gasteiger partial charge in [-0.15, -0.1) is 0 Å². The lowest BCUT2D eigenvalue weighted by Crippen LogP contribution is -2.68. The number of nitrogens with one attached hydrogen (secondary N) is 1. The quantitative estimate of drug-likeness (QED) is 0.789. The maximum absolute atomic E-state index is 12.3. The lowest BCUT2D eigenvalue weighted by molar-refractivity contribution is -0.149. The second-order valence-corrected chi connectivity index (χ2v) is 8.01. The van der Waals surface area contributed by atoms with Gasteiger partial charge in [0.15, 0.2) is 0 Å². The number of rotatable bonds is 6. The minimum absolute atomic E-state index is 0.00598. The molecule has 0 spiro atoms. The Morgan fingerprint density at radius 3 is 2.45 bits per heavy atom. The van der Waals surface area contributed by atoms with Crippen LogP contribution >= 0.6 is 0 Å². The van der Waals surface area contributed by atoms with E-state index >= 15 is 0 Å². The molecule has 1 aromatic carbocycles. The van der Waals surface area contributed by atoms with E-state index in [0.29, 0.717) is 6.54 Å². The van der Waals surface area contributed by atoms with Gasteiger partial charge in [-0.25, -0.2) is 0 Å². The number of aromatic nitrogens is 1. The van der Waals surface area contributed by atoms with Crippen LogP contribution in [0.2, 0.25) is 0 Å². The summed E-state index contributed by atoms with van der Waals surface area (Å²) in [7, 11) is 0. The van der Waals surface area contributed by atoms with Gasteiger partial charge in [0.1, 0.15) is 0 Å². The zero-order valence-electron chi connectivity index (χ0n) is 16.6. The van der Waals surface area contributed by atoms with Crippen molar-refractivity contribution in [2.75, 3.05) is 13.2 Å². The monoisotopic (exact) mass is 393 g/mol. The molecular formula is C23H27N3O3. The lowest BCUT2D eigenvalue weighted by Gasteiger charge is -2.54. The molecule has 3 atom stereocenters. The van der Waals surface area contributed by atoms with Crippen LogP contribution in [0.25, 0.3) is 11.1 Å². The summed E-state index contributed by atoms with van der Waals surface area (Å²) in [6.45, 7) is 1.84. The van der Waals surface area contributed by atoms with Crippen LogP contribution in [-0.2, 0) is 9.59 Å². The molecule has 2 aromatic rings. The first kappa shape index (κ1) is 19.6. The molecule has 1 saturated heterocycles. The average molecular weight is 393 g/mol. The molecule has 29 heavy (non-hydrogen) atoms. The summed E-state index contributed by atoms with van der Waals surface area (Å²) >= 11 is 0. The molecule has 2 aliphatic rings. The lowest BCUT2D eigenvalue weighted by atomic mass is 9.74. The second-order valence-electron chi connectivity index (χ2n) is 8.01. The Hall–Kier alpha value is -2.73. The largest absolute Gasteiger partial charge is 0.394 e. The number of carbonyl (C=O) groups is 2. The highest BCUT2D eigenvalue weighted by Crippen LogP contribution is 2.41. The number of nitrogens with zero attached hydrogens (tertiary/aromatic N) is 2.